The Hall–Kier alpha value is -3.19. The van der Waals surface area contributed by atoms with Crippen LogP contribution in [0.5, 0.6) is 0 Å². The summed E-state index contributed by atoms with van der Waals surface area (Å²) < 4.78 is 13.5. The zero-order valence-corrected chi connectivity index (χ0v) is 17.3. The number of carbonyl (C=O) groups is 3. The van der Waals surface area contributed by atoms with Gasteiger partial charge in [-0.05, 0) is 54.8 Å². The third-order valence-corrected chi connectivity index (χ3v) is 5.38. The van der Waals surface area contributed by atoms with Crippen LogP contribution in [0.15, 0.2) is 54.1 Å². The van der Waals surface area contributed by atoms with E-state index in [9.17, 15) is 23.9 Å². The van der Waals surface area contributed by atoms with Crippen LogP contribution < -0.4 is 0 Å². The highest BCUT2D eigenvalue weighted by atomic mass is 35.5. The Bertz CT molecular complexity index is 1020. The maximum absolute atomic E-state index is 13.5. The number of ketones is 1. The maximum Gasteiger partial charge on any atom is 0.303 e. The van der Waals surface area contributed by atoms with Crippen LogP contribution >= 0.6 is 11.6 Å². The second kappa shape index (κ2) is 9.75. The minimum Gasteiger partial charge on any atom is -0.507 e. The average Bonchev–Trinajstić information content (AvgIpc) is 2.99. The molecule has 3 rings (SSSR count). The van der Waals surface area contributed by atoms with Gasteiger partial charge in [0.1, 0.15) is 11.6 Å². The fraction of sp³-hybridized carbons (Fsp3) is 0.261. The zero-order chi connectivity index (χ0) is 22.5. The van der Waals surface area contributed by atoms with Crippen LogP contribution in [0.4, 0.5) is 4.39 Å². The fourth-order valence-corrected chi connectivity index (χ4v) is 3.73. The van der Waals surface area contributed by atoms with E-state index in [0.29, 0.717) is 35.4 Å². The van der Waals surface area contributed by atoms with Crippen LogP contribution in [-0.4, -0.2) is 39.3 Å². The number of hydrogen-bond acceptors (Lipinski definition) is 4. The van der Waals surface area contributed by atoms with Gasteiger partial charge in [0.25, 0.3) is 11.7 Å². The summed E-state index contributed by atoms with van der Waals surface area (Å²) in [5, 5.41) is 20.1. The van der Waals surface area contributed by atoms with Crippen molar-refractivity contribution in [2.24, 2.45) is 0 Å². The number of aliphatic carboxylic acids is 1. The Labute approximate surface area is 183 Å². The van der Waals surface area contributed by atoms with Crippen LogP contribution in [0.3, 0.4) is 0 Å². The summed E-state index contributed by atoms with van der Waals surface area (Å²) in [5.41, 5.74) is 0.738. The van der Waals surface area contributed by atoms with Crippen LogP contribution in [0.1, 0.15) is 42.9 Å². The lowest BCUT2D eigenvalue weighted by molar-refractivity contribution is -0.140. The first kappa shape index (κ1) is 22.5. The monoisotopic (exact) mass is 445 g/mol. The van der Waals surface area contributed by atoms with Crippen LogP contribution in [0.25, 0.3) is 5.76 Å². The van der Waals surface area contributed by atoms with E-state index in [-0.39, 0.29) is 24.3 Å². The standard InChI is InChI=1S/C23H21ClFNO5/c24-16-9-5-15(6-10-16)21(29)19-20(14-7-11-17(25)12-8-14)26(23(31)22(19)30)13-3-1-2-4-18(27)28/h5-12,20,29H,1-4,13H2,(H,27,28). The molecule has 2 aromatic rings. The molecule has 8 heteroatoms. The fourth-order valence-electron chi connectivity index (χ4n) is 3.60. The molecular formula is C23H21ClFNO5. The lowest BCUT2D eigenvalue weighted by Crippen LogP contribution is -2.30. The third kappa shape index (κ3) is 5.11. The van der Waals surface area contributed by atoms with E-state index in [1.807, 2.05) is 0 Å². The van der Waals surface area contributed by atoms with Crippen molar-refractivity contribution < 1.29 is 29.0 Å². The molecule has 1 heterocycles. The van der Waals surface area contributed by atoms with Gasteiger partial charge in [0, 0.05) is 23.6 Å². The number of aliphatic hydroxyl groups excluding tert-OH is 1. The van der Waals surface area contributed by atoms with Crippen molar-refractivity contribution in [2.75, 3.05) is 6.54 Å². The van der Waals surface area contributed by atoms with Crippen molar-refractivity contribution in [3.05, 3.63) is 76.1 Å². The van der Waals surface area contributed by atoms with E-state index in [2.05, 4.69) is 0 Å². The Kier molecular flexibility index (Phi) is 7.07. The predicted octanol–water partition coefficient (Wildman–Crippen LogP) is 4.55. The summed E-state index contributed by atoms with van der Waals surface area (Å²) in [4.78, 5) is 37.6. The highest BCUT2D eigenvalue weighted by molar-refractivity contribution is 6.46. The number of aliphatic hydroxyl groups is 1. The molecule has 2 N–H and O–H groups in total. The Morgan fingerprint density at radius 3 is 2.23 bits per heavy atom. The summed E-state index contributed by atoms with van der Waals surface area (Å²) in [5.74, 6) is -3.28. The van der Waals surface area contributed by atoms with E-state index in [1.165, 1.54) is 29.2 Å². The highest BCUT2D eigenvalue weighted by Crippen LogP contribution is 2.39. The molecule has 0 aromatic heterocycles. The van der Waals surface area contributed by atoms with E-state index in [1.54, 1.807) is 24.3 Å². The number of carbonyl (C=O) groups excluding carboxylic acids is 2. The molecule has 1 amide bonds. The Balaban J connectivity index is 1.96. The van der Waals surface area contributed by atoms with Gasteiger partial charge in [-0.2, -0.15) is 0 Å². The molecule has 2 aromatic carbocycles. The number of rotatable bonds is 8. The lowest BCUT2D eigenvalue weighted by Gasteiger charge is -2.25. The van der Waals surface area contributed by atoms with Gasteiger partial charge in [0.2, 0.25) is 0 Å². The minimum absolute atomic E-state index is 0.0246. The first-order chi connectivity index (χ1) is 14.8. The van der Waals surface area contributed by atoms with Crippen molar-refractivity contribution >= 4 is 35.0 Å². The summed E-state index contributed by atoms with van der Waals surface area (Å²) >= 11 is 5.89. The number of halogens is 2. The number of hydrogen-bond donors (Lipinski definition) is 2. The lowest BCUT2D eigenvalue weighted by atomic mass is 9.95. The van der Waals surface area contributed by atoms with Crippen molar-refractivity contribution in [3.8, 4) is 0 Å². The quantitative estimate of drug-likeness (QED) is 0.269. The summed E-state index contributed by atoms with van der Waals surface area (Å²) in [6.07, 6.45) is 1.52. The molecule has 1 aliphatic rings. The summed E-state index contributed by atoms with van der Waals surface area (Å²) in [6.45, 7) is 0.198. The number of carboxylic acids is 1. The van der Waals surface area contributed by atoms with Gasteiger partial charge in [-0.3, -0.25) is 14.4 Å². The normalized spacial score (nSPS) is 17.9. The number of carboxylic acid groups (broad SMARTS) is 1. The minimum atomic E-state index is -0.894. The third-order valence-electron chi connectivity index (χ3n) is 5.13. The van der Waals surface area contributed by atoms with Crippen LogP contribution in [-0.2, 0) is 14.4 Å². The number of nitrogens with zero attached hydrogens (tertiary/aromatic N) is 1. The van der Waals surface area contributed by atoms with Crippen LogP contribution in [0, 0.1) is 5.82 Å². The molecule has 1 unspecified atom stereocenters. The molecule has 0 bridgehead atoms. The van der Waals surface area contributed by atoms with E-state index in [4.69, 9.17) is 16.7 Å². The molecular weight excluding hydrogens is 425 g/mol. The maximum atomic E-state index is 13.5. The Morgan fingerprint density at radius 1 is 0.968 bits per heavy atom. The number of Topliss-reactive ketones (excluding diaryl/α,β-unsaturated/α-hetero) is 1. The molecule has 6 nitrogen and oxygen atoms in total. The largest absolute Gasteiger partial charge is 0.507 e. The number of likely N-dealkylation sites (tertiary alicyclic amines) is 1. The predicted molar refractivity (Wildman–Crippen MR) is 113 cm³/mol. The molecule has 0 spiro atoms. The van der Waals surface area contributed by atoms with Gasteiger partial charge in [0.15, 0.2) is 0 Å². The molecule has 0 saturated carbocycles. The molecule has 1 saturated heterocycles. The van der Waals surface area contributed by atoms with Crippen molar-refractivity contribution in [1.29, 1.82) is 0 Å². The van der Waals surface area contributed by atoms with E-state index < -0.39 is 29.5 Å². The van der Waals surface area contributed by atoms with Crippen molar-refractivity contribution in [2.45, 2.75) is 31.7 Å². The highest BCUT2D eigenvalue weighted by Gasteiger charge is 2.45. The number of benzene rings is 2. The smallest absolute Gasteiger partial charge is 0.303 e. The van der Waals surface area contributed by atoms with Gasteiger partial charge in [-0.1, -0.05) is 30.2 Å². The summed E-state index contributed by atoms with van der Waals surface area (Å²) in [7, 11) is 0. The second-order valence-corrected chi connectivity index (χ2v) is 7.69. The average molecular weight is 446 g/mol. The molecule has 1 atom stereocenters. The van der Waals surface area contributed by atoms with E-state index in [0.717, 1.165) is 0 Å². The topological polar surface area (TPSA) is 94.9 Å². The van der Waals surface area contributed by atoms with E-state index >= 15 is 0 Å². The van der Waals surface area contributed by atoms with Gasteiger partial charge in [-0.15, -0.1) is 0 Å². The first-order valence-corrected chi connectivity index (χ1v) is 10.2. The zero-order valence-electron chi connectivity index (χ0n) is 16.6. The first-order valence-electron chi connectivity index (χ1n) is 9.81. The molecule has 162 valence electrons. The number of unbranched alkanes of at least 4 members (excludes halogenated alkanes) is 2. The van der Waals surface area contributed by atoms with Crippen molar-refractivity contribution in [3.63, 3.8) is 0 Å². The summed E-state index contributed by atoms with van der Waals surface area (Å²) in [6, 6.07) is 10.7. The molecule has 1 aliphatic heterocycles. The number of amides is 1. The SMILES string of the molecule is O=C(O)CCCCCN1C(=O)C(=O)C(=C(O)c2ccc(Cl)cc2)C1c1ccc(F)cc1. The molecule has 31 heavy (non-hydrogen) atoms. The Morgan fingerprint density at radius 2 is 1.61 bits per heavy atom. The van der Waals surface area contributed by atoms with Gasteiger partial charge >= 0.3 is 5.97 Å². The molecule has 1 fully saturated rings. The molecule has 0 radical (unpaired) electrons. The molecule has 0 aliphatic carbocycles. The van der Waals surface area contributed by atoms with Gasteiger partial charge in [0.05, 0.1) is 11.6 Å². The van der Waals surface area contributed by atoms with Crippen LogP contribution in [0.2, 0.25) is 5.02 Å². The van der Waals surface area contributed by atoms with Crippen molar-refractivity contribution in [1.82, 2.24) is 4.90 Å². The van der Waals surface area contributed by atoms with Gasteiger partial charge < -0.3 is 15.1 Å². The second-order valence-electron chi connectivity index (χ2n) is 7.26. The van der Waals surface area contributed by atoms with Gasteiger partial charge in [-0.25, -0.2) is 4.39 Å².